The Labute approximate surface area is 202 Å². The first-order valence-electron chi connectivity index (χ1n) is 11.0. The number of benzene rings is 2. The van der Waals surface area contributed by atoms with E-state index in [0.29, 0.717) is 24.4 Å². The van der Waals surface area contributed by atoms with Crippen LogP contribution in [0.15, 0.2) is 73.3 Å². The van der Waals surface area contributed by atoms with Gasteiger partial charge in [-0.05, 0) is 65.9 Å². The number of hydrogen-bond acceptors (Lipinski definition) is 4. The van der Waals surface area contributed by atoms with Crippen LogP contribution in [-0.4, -0.2) is 33.1 Å². The first-order chi connectivity index (χ1) is 16.9. The third-order valence-corrected chi connectivity index (χ3v) is 6.91. The number of aryl methyl sites for hydroxylation is 1. The average Bonchev–Trinajstić information content (AvgIpc) is 3.29. The van der Waals surface area contributed by atoms with E-state index < -0.39 is 16.8 Å². The number of nitrogens with one attached hydrogen (secondary N) is 1. The fraction of sp³-hybridized carbons (Fsp3) is 0.160. The molecule has 1 aliphatic carbocycles. The van der Waals surface area contributed by atoms with Crippen molar-refractivity contribution in [1.29, 1.82) is 0 Å². The van der Waals surface area contributed by atoms with Gasteiger partial charge in [-0.1, -0.05) is 18.2 Å². The summed E-state index contributed by atoms with van der Waals surface area (Å²) in [7, 11) is 1.88. The predicted octanol–water partition coefficient (Wildman–Crippen LogP) is 4.34. The van der Waals surface area contributed by atoms with E-state index in [4.69, 9.17) is 4.98 Å². The van der Waals surface area contributed by atoms with Crippen molar-refractivity contribution in [2.24, 2.45) is 7.05 Å². The standard InChI is InChI=1S/C25H21FN6O2S/c1-31-14-19(13-28-31)17-4-7-22-21(10-17)27-15-32(22)24-12-18(16-2-5-20(26)6-3-16)11-23(29-24)25(8-9-25)30-35(33)34/h2-7,10-15,30H,8-9H2,1H3,(H,33,34). The van der Waals surface area contributed by atoms with Crippen molar-refractivity contribution >= 4 is 22.3 Å². The molecule has 0 radical (unpaired) electrons. The number of aromatic nitrogens is 5. The van der Waals surface area contributed by atoms with Crippen LogP contribution < -0.4 is 4.72 Å². The second-order valence-electron chi connectivity index (χ2n) is 8.76. The molecule has 3 aromatic heterocycles. The molecule has 5 aromatic rings. The van der Waals surface area contributed by atoms with Crippen LogP contribution in [0.3, 0.4) is 0 Å². The third kappa shape index (κ3) is 4.05. The summed E-state index contributed by atoms with van der Waals surface area (Å²) >= 11 is -2.18. The van der Waals surface area contributed by atoms with Gasteiger partial charge in [0.15, 0.2) is 0 Å². The molecule has 6 rings (SSSR count). The Hall–Kier alpha value is -3.73. The normalized spacial score (nSPS) is 15.4. The lowest BCUT2D eigenvalue weighted by Crippen LogP contribution is -2.31. The van der Waals surface area contributed by atoms with Crippen molar-refractivity contribution in [3.05, 3.63) is 84.8 Å². The number of imidazole rings is 1. The molecule has 35 heavy (non-hydrogen) atoms. The first-order valence-corrected chi connectivity index (χ1v) is 12.1. The van der Waals surface area contributed by atoms with Gasteiger partial charge < -0.3 is 0 Å². The largest absolute Gasteiger partial charge is 0.294 e. The van der Waals surface area contributed by atoms with Crippen LogP contribution in [0, 0.1) is 5.82 Å². The van der Waals surface area contributed by atoms with E-state index in [9.17, 15) is 13.2 Å². The zero-order chi connectivity index (χ0) is 24.2. The number of pyridine rings is 1. The lowest BCUT2D eigenvalue weighted by molar-refractivity contribution is 0.518. The Kier molecular flexibility index (Phi) is 5.10. The van der Waals surface area contributed by atoms with Gasteiger partial charge >= 0.3 is 0 Å². The maximum atomic E-state index is 13.6. The molecule has 2 N–H and O–H groups in total. The summed E-state index contributed by atoms with van der Waals surface area (Å²) in [5.74, 6) is 0.305. The molecule has 0 aliphatic heterocycles. The molecule has 1 saturated carbocycles. The van der Waals surface area contributed by atoms with Crippen molar-refractivity contribution in [1.82, 2.24) is 29.0 Å². The van der Waals surface area contributed by atoms with Gasteiger partial charge in [0.05, 0.1) is 28.5 Å². The maximum Gasteiger partial charge on any atom is 0.232 e. The van der Waals surface area contributed by atoms with Crippen LogP contribution >= 0.6 is 0 Å². The molecule has 0 spiro atoms. The van der Waals surface area contributed by atoms with E-state index in [-0.39, 0.29) is 5.82 Å². The van der Waals surface area contributed by atoms with Crippen molar-refractivity contribution in [2.75, 3.05) is 0 Å². The summed E-state index contributed by atoms with van der Waals surface area (Å²) in [5.41, 5.74) is 5.32. The van der Waals surface area contributed by atoms with Crippen LogP contribution in [-0.2, 0) is 23.9 Å². The molecule has 1 aliphatic rings. The second-order valence-corrected chi connectivity index (χ2v) is 9.46. The van der Waals surface area contributed by atoms with Gasteiger partial charge in [-0.2, -0.15) is 5.10 Å². The van der Waals surface area contributed by atoms with Crippen LogP contribution in [0.2, 0.25) is 0 Å². The highest BCUT2D eigenvalue weighted by molar-refractivity contribution is 7.77. The van der Waals surface area contributed by atoms with Crippen molar-refractivity contribution in [3.8, 4) is 28.1 Å². The van der Waals surface area contributed by atoms with Gasteiger partial charge in [0.2, 0.25) is 11.3 Å². The van der Waals surface area contributed by atoms with E-state index >= 15 is 0 Å². The van der Waals surface area contributed by atoms with Crippen molar-refractivity contribution in [2.45, 2.75) is 18.4 Å². The lowest BCUT2D eigenvalue weighted by Gasteiger charge is -2.17. The average molecular weight is 489 g/mol. The molecule has 1 fully saturated rings. The molecule has 10 heteroatoms. The topological polar surface area (TPSA) is 97.9 Å². The fourth-order valence-electron chi connectivity index (χ4n) is 4.34. The molecule has 0 bridgehead atoms. The molecule has 176 valence electrons. The van der Waals surface area contributed by atoms with E-state index in [1.807, 2.05) is 54.3 Å². The smallest absolute Gasteiger partial charge is 0.232 e. The fourth-order valence-corrected chi connectivity index (χ4v) is 4.98. The van der Waals surface area contributed by atoms with Crippen LogP contribution in [0.25, 0.3) is 39.1 Å². The monoisotopic (exact) mass is 488 g/mol. The van der Waals surface area contributed by atoms with Crippen LogP contribution in [0.5, 0.6) is 0 Å². The Balaban J connectivity index is 1.48. The summed E-state index contributed by atoms with van der Waals surface area (Å²) in [6.45, 7) is 0. The van der Waals surface area contributed by atoms with Crippen LogP contribution in [0.4, 0.5) is 4.39 Å². The molecule has 1 unspecified atom stereocenters. The molecular weight excluding hydrogens is 467 g/mol. The number of rotatable bonds is 6. The van der Waals surface area contributed by atoms with E-state index in [2.05, 4.69) is 14.8 Å². The molecule has 8 nitrogen and oxygen atoms in total. The molecule has 0 saturated heterocycles. The van der Waals surface area contributed by atoms with E-state index in [1.165, 1.54) is 12.1 Å². The van der Waals surface area contributed by atoms with Gasteiger partial charge in [0.1, 0.15) is 18.0 Å². The number of halogens is 1. The Morgan fingerprint density at radius 1 is 1.03 bits per heavy atom. The van der Waals surface area contributed by atoms with Crippen LogP contribution in [0.1, 0.15) is 18.5 Å². The summed E-state index contributed by atoms with van der Waals surface area (Å²) in [6.07, 6.45) is 6.86. The molecule has 3 heterocycles. The molecular formula is C25H21FN6O2S. The van der Waals surface area contributed by atoms with Gasteiger partial charge in [-0.15, -0.1) is 0 Å². The molecule has 1 atom stereocenters. The third-order valence-electron chi connectivity index (χ3n) is 6.34. The highest BCUT2D eigenvalue weighted by atomic mass is 32.2. The number of fused-ring (bicyclic) bond motifs is 1. The van der Waals surface area contributed by atoms with Gasteiger partial charge in [0.25, 0.3) is 0 Å². The predicted molar refractivity (Wildman–Crippen MR) is 131 cm³/mol. The first kappa shape index (κ1) is 21.8. The minimum atomic E-state index is -2.18. The van der Waals surface area contributed by atoms with Crippen molar-refractivity contribution < 1.29 is 13.2 Å². The highest BCUT2D eigenvalue weighted by Gasteiger charge is 2.47. The SMILES string of the molecule is Cn1cc(-c2ccc3c(c2)ncn3-c2cc(-c3ccc(F)cc3)cc(C3(NS(=O)O)CC3)n2)cn1. The van der Waals surface area contributed by atoms with Gasteiger partial charge in [-0.25, -0.2) is 23.3 Å². The van der Waals surface area contributed by atoms with Gasteiger partial charge in [-0.3, -0.25) is 13.8 Å². The quantitative estimate of drug-likeness (QED) is 0.347. The minimum Gasteiger partial charge on any atom is -0.294 e. The zero-order valence-electron chi connectivity index (χ0n) is 18.7. The molecule has 2 aromatic carbocycles. The maximum absolute atomic E-state index is 13.6. The lowest BCUT2D eigenvalue weighted by atomic mass is 10.0. The summed E-state index contributed by atoms with van der Waals surface area (Å²) in [5, 5.41) is 4.24. The second kappa shape index (κ2) is 8.19. The Morgan fingerprint density at radius 3 is 2.49 bits per heavy atom. The zero-order valence-corrected chi connectivity index (χ0v) is 19.5. The number of nitrogens with zero attached hydrogens (tertiary/aromatic N) is 5. The van der Waals surface area contributed by atoms with E-state index in [0.717, 1.165) is 33.3 Å². The van der Waals surface area contributed by atoms with E-state index in [1.54, 1.807) is 23.1 Å². The minimum absolute atomic E-state index is 0.315. The summed E-state index contributed by atoms with van der Waals surface area (Å²) in [6, 6.07) is 16.1. The summed E-state index contributed by atoms with van der Waals surface area (Å²) < 4.78 is 41.0. The highest BCUT2D eigenvalue weighted by Crippen LogP contribution is 2.46. The summed E-state index contributed by atoms with van der Waals surface area (Å²) in [4.78, 5) is 9.47. The van der Waals surface area contributed by atoms with Gasteiger partial charge in [0, 0.05) is 18.8 Å². The Morgan fingerprint density at radius 2 is 1.80 bits per heavy atom. The Bertz CT molecular complexity index is 1590. The number of hydrogen-bond donors (Lipinski definition) is 2. The molecule has 0 amide bonds. The van der Waals surface area contributed by atoms with Crippen molar-refractivity contribution in [3.63, 3.8) is 0 Å².